The van der Waals surface area contributed by atoms with Gasteiger partial charge in [0.1, 0.15) is 5.69 Å². The molecule has 1 N–H and O–H groups in total. The summed E-state index contributed by atoms with van der Waals surface area (Å²) in [4.78, 5) is 15.5. The highest BCUT2D eigenvalue weighted by molar-refractivity contribution is 7.13. The van der Waals surface area contributed by atoms with E-state index < -0.39 is 0 Å². The first-order chi connectivity index (χ1) is 5.86. The van der Waals surface area contributed by atoms with Crippen LogP contribution < -0.4 is 5.56 Å². The summed E-state index contributed by atoms with van der Waals surface area (Å²) in [5.74, 6) is 0. The molecule has 0 unspecified atom stereocenters. The number of hydrogen-bond donors (Lipinski definition) is 1. The van der Waals surface area contributed by atoms with E-state index >= 15 is 0 Å². The maximum atomic E-state index is 10.7. The second-order valence-corrected chi connectivity index (χ2v) is 3.06. The number of nitrogens with one attached hydrogen (secondary N) is 1. The number of H-pyrrole nitrogens is 1. The van der Waals surface area contributed by atoms with Gasteiger partial charge in [0, 0.05) is 12.3 Å². The minimum atomic E-state index is -0.191. The fourth-order valence-electron chi connectivity index (χ4n) is 0.824. The van der Waals surface area contributed by atoms with Crippen LogP contribution in [-0.4, -0.2) is 15.2 Å². The van der Waals surface area contributed by atoms with Crippen LogP contribution in [0.4, 0.5) is 0 Å². The molecule has 0 radical (unpaired) electrons. The summed E-state index contributed by atoms with van der Waals surface area (Å²) in [6.07, 6.45) is 1.71. The first-order valence-electron chi connectivity index (χ1n) is 3.31. The van der Waals surface area contributed by atoms with Gasteiger partial charge in [-0.1, -0.05) is 0 Å². The number of aromatic amines is 1. The number of rotatable bonds is 1. The molecule has 2 rings (SSSR count). The smallest absolute Gasteiger partial charge is 0.264 e. The van der Waals surface area contributed by atoms with Gasteiger partial charge >= 0.3 is 0 Å². The molecule has 2 aromatic heterocycles. The van der Waals surface area contributed by atoms with Gasteiger partial charge in [-0.2, -0.15) is 5.10 Å². The van der Waals surface area contributed by atoms with Gasteiger partial charge in [-0.05, 0) is 6.07 Å². The van der Waals surface area contributed by atoms with E-state index in [1.807, 2.05) is 0 Å². The molecule has 0 aliphatic rings. The number of aromatic nitrogens is 3. The van der Waals surface area contributed by atoms with Crippen molar-refractivity contribution < 1.29 is 0 Å². The minimum Gasteiger partial charge on any atom is -0.268 e. The summed E-state index contributed by atoms with van der Waals surface area (Å²) in [7, 11) is 0. The zero-order chi connectivity index (χ0) is 8.39. The van der Waals surface area contributed by atoms with Gasteiger partial charge in [-0.15, -0.1) is 11.3 Å². The zero-order valence-electron chi connectivity index (χ0n) is 6.02. The first kappa shape index (κ1) is 7.17. The molecule has 60 valence electrons. The van der Waals surface area contributed by atoms with Crippen LogP contribution in [0.25, 0.3) is 10.6 Å². The topological polar surface area (TPSA) is 58.6 Å². The predicted octanol–water partition coefficient (Wildman–Crippen LogP) is 0.893. The van der Waals surface area contributed by atoms with E-state index in [2.05, 4.69) is 15.2 Å². The van der Waals surface area contributed by atoms with Crippen LogP contribution in [0, 0.1) is 0 Å². The Bertz CT molecular complexity index is 400. The van der Waals surface area contributed by atoms with Crippen molar-refractivity contribution >= 4 is 11.3 Å². The van der Waals surface area contributed by atoms with Gasteiger partial charge in [0.2, 0.25) is 0 Å². The molecule has 2 aromatic rings. The van der Waals surface area contributed by atoms with Gasteiger partial charge in [0.15, 0.2) is 0 Å². The van der Waals surface area contributed by atoms with Crippen LogP contribution >= 0.6 is 11.3 Å². The molecule has 12 heavy (non-hydrogen) atoms. The summed E-state index contributed by atoms with van der Waals surface area (Å²) >= 11 is 1.49. The number of hydrogen-bond acceptors (Lipinski definition) is 4. The van der Waals surface area contributed by atoms with E-state index in [0.29, 0.717) is 0 Å². The summed E-state index contributed by atoms with van der Waals surface area (Å²) in [5, 5.41) is 6.22. The van der Waals surface area contributed by atoms with E-state index in [1.54, 1.807) is 17.8 Å². The molecule has 4 nitrogen and oxygen atoms in total. The molecule has 0 saturated carbocycles. The Balaban J connectivity index is 2.49. The Hall–Kier alpha value is -1.49. The summed E-state index contributed by atoms with van der Waals surface area (Å²) in [6, 6.07) is 3.12. The highest BCUT2D eigenvalue weighted by Gasteiger charge is 1.99. The lowest BCUT2D eigenvalue weighted by molar-refractivity contribution is 0.997. The van der Waals surface area contributed by atoms with Crippen molar-refractivity contribution in [3.8, 4) is 10.6 Å². The van der Waals surface area contributed by atoms with Crippen molar-refractivity contribution in [3.05, 3.63) is 34.2 Å². The standard InChI is InChI=1S/C7H5N3OS/c11-7-2-1-5(9-10-7)6-3-8-4-12-6/h1-4H,(H,10,11). The van der Waals surface area contributed by atoms with Crippen LogP contribution in [-0.2, 0) is 0 Å². The van der Waals surface area contributed by atoms with Crippen LogP contribution in [0.3, 0.4) is 0 Å². The average molecular weight is 179 g/mol. The number of thiazole rings is 1. The molecule has 0 fully saturated rings. The summed E-state index contributed by atoms with van der Waals surface area (Å²) in [6.45, 7) is 0. The lowest BCUT2D eigenvalue weighted by atomic mass is 10.3. The van der Waals surface area contributed by atoms with E-state index in [-0.39, 0.29) is 5.56 Å². The molecule has 0 bridgehead atoms. The molecule has 0 spiro atoms. The third-order valence-corrected chi connectivity index (χ3v) is 2.16. The highest BCUT2D eigenvalue weighted by Crippen LogP contribution is 2.18. The fraction of sp³-hybridized carbons (Fsp3) is 0. The van der Waals surface area contributed by atoms with Crippen LogP contribution in [0.2, 0.25) is 0 Å². The monoisotopic (exact) mass is 179 g/mol. The largest absolute Gasteiger partial charge is 0.268 e. The van der Waals surface area contributed by atoms with Gasteiger partial charge in [0.05, 0.1) is 10.4 Å². The molecule has 5 heteroatoms. The fourth-order valence-corrected chi connectivity index (χ4v) is 1.42. The van der Waals surface area contributed by atoms with Gasteiger partial charge in [0.25, 0.3) is 5.56 Å². The molecular weight excluding hydrogens is 174 g/mol. The van der Waals surface area contributed by atoms with Crippen molar-refractivity contribution in [2.24, 2.45) is 0 Å². The van der Waals surface area contributed by atoms with Gasteiger partial charge in [-0.3, -0.25) is 9.78 Å². The second kappa shape index (κ2) is 2.86. The molecule has 0 aliphatic carbocycles. The minimum absolute atomic E-state index is 0.191. The molecule has 0 aromatic carbocycles. The molecular formula is C7H5N3OS. The Morgan fingerprint density at radius 3 is 2.92 bits per heavy atom. The Kier molecular flexibility index (Phi) is 1.71. The summed E-state index contributed by atoms with van der Waals surface area (Å²) < 4.78 is 0. The molecule has 2 heterocycles. The Morgan fingerprint density at radius 1 is 1.42 bits per heavy atom. The molecule has 0 saturated heterocycles. The first-order valence-corrected chi connectivity index (χ1v) is 4.19. The van der Waals surface area contributed by atoms with Crippen molar-refractivity contribution in [2.45, 2.75) is 0 Å². The van der Waals surface area contributed by atoms with Crippen molar-refractivity contribution in [2.75, 3.05) is 0 Å². The van der Waals surface area contributed by atoms with Gasteiger partial charge < -0.3 is 0 Å². The van der Waals surface area contributed by atoms with E-state index in [0.717, 1.165) is 10.6 Å². The summed E-state index contributed by atoms with van der Waals surface area (Å²) in [5.41, 5.74) is 2.28. The Labute approximate surface area is 71.9 Å². The maximum absolute atomic E-state index is 10.7. The maximum Gasteiger partial charge on any atom is 0.264 e. The van der Waals surface area contributed by atoms with Crippen LogP contribution in [0.1, 0.15) is 0 Å². The quantitative estimate of drug-likeness (QED) is 0.707. The van der Waals surface area contributed by atoms with Crippen LogP contribution in [0.5, 0.6) is 0 Å². The predicted molar refractivity (Wildman–Crippen MR) is 46.0 cm³/mol. The van der Waals surface area contributed by atoms with Crippen molar-refractivity contribution in [1.29, 1.82) is 0 Å². The zero-order valence-corrected chi connectivity index (χ0v) is 6.84. The normalized spacial score (nSPS) is 10.0. The number of nitrogens with zero attached hydrogens (tertiary/aromatic N) is 2. The van der Waals surface area contributed by atoms with E-state index in [4.69, 9.17) is 0 Å². The van der Waals surface area contributed by atoms with Gasteiger partial charge in [-0.25, -0.2) is 5.10 Å². The van der Waals surface area contributed by atoms with E-state index in [1.165, 1.54) is 17.4 Å². The lowest BCUT2D eigenvalue weighted by Gasteiger charge is -1.90. The van der Waals surface area contributed by atoms with Crippen LogP contribution in [0.15, 0.2) is 28.6 Å². The third-order valence-electron chi connectivity index (χ3n) is 1.36. The van der Waals surface area contributed by atoms with E-state index in [9.17, 15) is 4.79 Å². The SMILES string of the molecule is O=c1ccc(-c2cncs2)n[nH]1. The third kappa shape index (κ3) is 1.26. The van der Waals surface area contributed by atoms with Crippen molar-refractivity contribution in [1.82, 2.24) is 15.2 Å². The molecule has 0 atom stereocenters. The average Bonchev–Trinajstić information content (AvgIpc) is 2.58. The highest BCUT2D eigenvalue weighted by atomic mass is 32.1. The second-order valence-electron chi connectivity index (χ2n) is 2.17. The lowest BCUT2D eigenvalue weighted by Crippen LogP contribution is -2.05. The Morgan fingerprint density at radius 2 is 2.33 bits per heavy atom. The van der Waals surface area contributed by atoms with Crippen molar-refractivity contribution in [3.63, 3.8) is 0 Å². The molecule has 0 amide bonds. The molecule has 0 aliphatic heterocycles.